The Kier molecular flexibility index (Phi) is 7.74. The van der Waals surface area contributed by atoms with Crippen molar-refractivity contribution in [3.05, 3.63) is 29.8 Å². The van der Waals surface area contributed by atoms with Crippen molar-refractivity contribution in [2.24, 2.45) is 5.92 Å². The normalized spacial score (nSPS) is 12.5. The van der Waals surface area contributed by atoms with Crippen molar-refractivity contribution >= 4 is 17.5 Å². The summed E-state index contributed by atoms with van der Waals surface area (Å²) in [6.07, 6.45) is -0.739. The molecule has 2 amide bonds. The monoisotopic (exact) mass is 344 g/mol. The molecule has 1 atom stereocenters. The van der Waals surface area contributed by atoms with Crippen LogP contribution in [0.15, 0.2) is 24.3 Å². The Bertz CT molecular complexity index is 559. The van der Waals surface area contributed by atoms with Crippen LogP contribution in [-0.2, 0) is 15.8 Å². The summed E-state index contributed by atoms with van der Waals surface area (Å²) in [4.78, 5) is 23.6. The van der Waals surface area contributed by atoms with Gasteiger partial charge in [-0.15, -0.1) is 0 Å². The van der Waals surface area contributed by atoms with Crippen LogP contribution in [0.3, 0.4) is 0 Å². The summed E-state index contributed by atoms with van der Waals surface area (Å²) in [5.74, 6) is -1.77. The first kappa shape index (κ1) is 20.0. The van der Waals surface area contributed by atoms with Crippen LogP contribution in [0.2, 0.25) is 0 Å². The summed E-state index contributed by atoms with van der Waals surface area (Å²) < 4.78 is 38.6. The Balaban J connectivity index is 2.64. The highest BCUT2D eigenvalue weighted by Crippen LogP contribution is 2.34. The van der Waals surface area contributed by atoms with Gasteiger partial charge in [-0.3, -0.25) is 9.59 Å². The van der Waals surface area contributed by atoms with E-state index in [9.17, 15) is 22.8 Å². The second-order valence-electron chi connectivity index (χ2n) is 5.62. The molecule has 1 rings (SSSR count). The lowest BCUT2D eigenvalue weighted by atomic mass is 9.99. The van der Waals surface area contributed by atoms with Gasteiger partial charge in [0.1, 0.15) is 0 Å². The number of amides is 2. The van der Waals surface area contributed by atoms with Gasteiger partial charge in [0.15, 0.2) is 0 Å². The van der Waals surface area contributed by atoms with Gasteiger partial charge in [-0.2, -0.15) is 13.2 Å². The van der Waals surface area contributed by atoms with Gasteiger partial charge in [0, 0.05) is 6.54 Å². The van der Waals surface area contributed by atoms with Crippen molar-refractivity contribution in [2.75, 3.05) is 11.9 Å². The minimum atomic E-state index is -4.60. The average molecular weight is 344 g/mol. The predicted octanol–water partition coefficient (Wildman–Crippen LogP) is 3.98. The van der Waals surface area contributed by atoms with Gasteiger partial charge in [-0.25, -0.2) is 0 Å². The Morgan fingerprint density at radius 3 is 2.38 bits per heavy atom. The van der Waals surface area contributed by atoms with Crippen molar-refractivity contribution < 1.29 is 22.8 Å². The molecule has 0 saturated carbocycles. The fraction of sp³-hybridized carbons (Fsp3) is 0.529. The number of alkyl halides is 3. The van der Waals surface area contributed by atoms with Gasteiger partial charge in [0.25, 0.3) is 0 Å². The highest BCUT2D eigenvalue weighted by Gasteiger charge is 2.34. The van der Waals surface area contributed by atoms with Gasteiger partial charge in [0.2, 0.25) is 0 Å². The predicted molar refractivity (Wildman–Crippen MR) is 86.4 cm³/mol. The van der Waals surface area contributed by atoms with Crippen molar-refractivity contribution in [2.45, 2.75) is 45.7 Å². The molecule has 0 radical (unpaired) electrons. The molecule has 0 aliphatic carbocycles. The fourth-order valence-corrected chi connectivity index (χ4v) is 2.28. The van der Waals surface area contributed by atoms with Crippen LogP contribution in [0.4, 0.5) is 18.9 Å². The fourth-order valence-electron chi connectivity index (χ4n) is 2.28. The minimum absolute atomic E-state index is 0.254. The first-order valence-corrected chi connectivity index (χ1v) is 8.05. The Labute approximate surface area is 139 Å². The maximum atomic E-state index is 12.9. The van der Waals surface area contributed by atoms with Crippen LogP contribution in [-0.4, -0.2) is 18.4 Å². The smallest absolute Gasteiger partial charge is 0.348 e. The van der Waals surface area contributed by atoms with E-state index in [0.29, 0.717) is 6.54 Å². The SMILES string of the molecule is CCCC[C@H](CC)CNC(=O)C(=O)Nc1ccccc1C(F)(F)F. The van der Waals surface area contributed by atoms with E-state index < -0.39 is 29.2 Å². The van der Waals surface area contributed by atoms with E-state index in [2.05, 4.69) is 12.2 Å². The number of carbonyl (C=O) groups is 2. The van der Waals surface area contributed by atoms with Gasteiger partial charge in [-0.05, 0) is 24.5 Å². The van der Waals surface area contributed by atoms with Gasteiger partial charge in [-0.1, -0.05) is 45.2 Å². The lowest BCUT2D eigenvalue weighted by Gasteiger charge is -2.16. The van der Waals surface area contributed by atoms with E-state index in [0.717, 1.165) is 37.8 Å². The van der Waals surface area contributed by atoms with Crippen LogP contribution < -0.4 is 10.6 Å². The van der Waals surface area contributed by atoms with Crippen LogP contribution in [0.1, 0.15) is 45.1 Å². The Hall–Kier alpha value is -2.05. The molecule has 0 spiro atoms. The summed E-state index contributed by atoms with van der Waals surface area (Å²) in [5, 5.41) is 4.52. The molecule has 0 heterocycles. The number of carbonyl (C=O) groups excluding carboxylic acids is 2. The summed E-state index contributed by atoms with van der Waals surface area (Å²) in [5.41, 5.74) is -1.41. The van der Waals surface area contributed by atoms with Crippen LogP contribution in [0, 0.1) is 5.92 Å². The standard InChI is InChI=1S/C17H23F3N2O2/c1-3-5-8-12(4-2)11-21-15(23)16(24)22-14-10-7-6-9-13(14)17(18,19)20/h6-7,9-10,12H,3-5,8,11H2,1-2H3,(H,21,23)(H,22,24)/t12-/m0/s1. The molecule has 0 unspecified atom stereocenters. The van der Waals surface area contributed by atoms with E-state index in [1.54, 1.807) is 0 Å². The van der Waals surface area contributed by atoms with Crippen molar-refractivity contribution in [3.8, 4) is 0 Å². The molecule has 0 aliphatic rings. The molecule has 1 aromatic carbocycles. The number of hydrogen-bond acceptors (Lipinski definition) is 2. The lowest BCUT2D eigenvalue weighted by Crippen LogP contribution is -2.38. The first-order valence-electron chi connectivity index (χ1n) is 8.05. The zero-order valence-electron chi connectivity index (χ0n) is 13.9. The highest BCUT2D eigenvalue weighted by atomic mass is 19.4. The summed E-state index contributed by atoms with van der Waals surface area (Å²) >= 11 is 0. The Morgan fingerprint density at radius 2 is 1.79 bits per heavy atom. The lowest BCUT2D eigenvalue weighted by molar-refractivity contribution is -0.138. The largest absolute Gasteiger partial charge is 0.418 e. The number of halogens is 3. The van der Waals surface area contributed by atoms with Gasteiger partial charge < -0.3 is 10.6 Å². The van der Waals surface area contributed by atoms with E-state index in [1.165, 1.54) is 12.1 Å². The van der Waals surface area contributed by atoms with Gasteiger partial charge in [0.05, 0.1) is 11.3 Å². The third-order valence-electron chi connectivity index (χ3n) is 3.78. The molecule has 1 aromatic rings. The van der Waals surface area contributed by atoms with Crippen molar-refractivity contribution in [3.63, 3.8) is 0 Å². The third-order valence-corrected chi connectivity index (χ3v) is 3.78. The number of unbranched alkanes of at least 4 members (excludes halogenated alkanes) is 1. The molecule has 0 fully saturated rings. The van der Waals surface area contributed by atoms with Crippen LogP contribution >= 0.6 is 0 Å². The molecule has 24 heavy (non-hydrogen) atoms. The zero-order valence-corrected chi connectivity index (χ0v) is 13.9. The van der Waals surface area contributed by atoms with Crippen molar-refractivity contribution in [1.29, 1.82) is 0 Å². The second-order valence-corrected chi connectivity index (χ2v) is 5.62. The maximum absolute atomic E-state index is 12.9. The van der Waals surface area contributed by atoms with E-state index in [1.807, 2.05) is 12.2 Å². The molecule has 0 saturated heterocycles. The van der Waals surface area contributed by atoms with Gasteiger partial charge >= 0.3 is 18.0 Å². The maximum Gasteiger partial charge on any atom is 0.418 e. The number of nitrogens with one attached hydrogen (secondary N) is 2. The van der Waals surface area contributed by atoms with E-state index in [4.69, 9.17) is 0 Å². The molecule has 0 bridgehead atoms. The second kappa shape index (κ2) is 9.30. The average Bonchev–Trinajstić information content (AvgIpc) is 2.54. The summed E-state index contributed by atoms with van der Waals surface area (Å²) in [6, 6.07) is 4.55. The van der Waals surface area contributed by atoms with Crippen LogP contribution in [0.5, 0.6) is 0 Å². The number of para-hydroxylation sites is 1. The van der Waals surface area contributed by atoms with Crippen LogP contribution in [0.25, 0.3) is 0 Å². The quantitative estimate of drug-likeness (QED) is 0.735. The first-order chi connectivity index (χ1) is 11.3. The summed E-state index contributed by atoms with van der Waals surface area (Å²) in [6.45, 7) is 4.40. The molecule has 134 valence electrons. The zero-order chi connectivity index (χ0) is 18.2. The number of anilines is 1. The summed E-state index contributed by atoms with van der Waals surface area (Å²) in [7, 11) is 0. The molecular weight excluding hydrogens is 321 g/mol. The minimum Gasteiger partial charge on any atom is -0.348 e. The number of hydrogen-bond donors (Lipinski definition) is 2. The molecule has 7 heteroatoms. The van der Waals surface area contributed by atoms with E-state index >= 15 is 0 Å². The third kappa shape index (κ3) is 6.22. The van der Waals surface area contributed by atoms with E-state index in [-0.39, 0.29) is 5.92 Å². The highest BCUT2D eigenvalue weighted by molar-refractivity contribution is 6.39. The molecule has 2 N–H and O–H groups in total. The molecule has 0 aromatic heterocycles. The molecular formula is C17H23F3N2O2. The number of rotatable bonds is 7. The molecule has 4 nitrogen and oxygen atoms in total. The van der Waals surface area contributed by atoms with Crippen molar-refractivity contribution in [1.82, 2.24) is 5.32 Å². The number of benzene rings is 1. The topological polar surface area (TPSA) is 58.2 Å². The Morgan fingerprint density at radius 1 is 1.12 bits per heavy atom. The molecule has 0 aliphatic heterocycles.